The summed E-state index contributed by atoms with van der Waals surface area (Å²) in [6.45, 7) is 31.0. The Morgan fingerprint density at radius 3 is 0.742 bits per heavy atom. The molecule has 8 rings (SSSR count). The third-order valence-corrected chi connectivity index (χ3v) is 14.3. The number of hydrogen-bond donors (Lipinski definition) is 2. The fraction of sp³-hybridized carbons (Fsp3) is 0.705. The van der Waals surface area contributed by atoms with Crippen LogP contribution in [0.2, 0.25) is 0 Å². The standard InChI is InChI=1S/2C14H21N.3C8H16.C7H7Cl.2CH4O/c2*1-12-8-13(2)10-15(9-12)11-14-6-4-3-5-7-14;3*1-7-4-3-5-8(2)6-7;8-6-7-4-2-1-3-5-7;2*1-2/h2*3-7,12-13H,8-11H2,1-2H3;3*7-8H,3-6H2,1-2H3;1-5H,6H2;2*2H,1H3/t12-,13+;12-,13-;7-,8+;7-,8-;;;;/m.1.0..../s1. The van der Waals surface area contributed by atoms with Crippen molar-refractivity contribution in [3.63, 3.8) is 0 Å². The molecule has 3 aromatic rings. The van der Waals surface area contributed by atoms with Crippen molar-refractivity contribution in [1.82, 2.24) is 9.80 Å². The van der Waals surface area contributed by atoms with Crippen LogP contribution < -0.4 is 0 Å². The Labute approximate surface area is 415 Å². The van der Waals surface area contributed by atoms with Crippen LogP contribution in [-0.4, -0.2) is 60.4 Å². The second-order valence-electron chi connectivity index (χ2n) is 22.0. The molecular weight excluding hydrogens is 828 g/mol. The van der Waals surface area contributed by atoms with Crippen LogP contribution in [-0.2, 0) is 19.0 Å². The van der Waals surface area contributed by atoms with E-state index in [-0.39, 0.29) is 0 Å². The molecule has 5 heteroatoms. The topological polar surface area (TPSA) is 46.9 Å². The van der Waals surface area contributed by atoms with Gasteiger partial charge in [0, 0.05) is 59.4 Å². The first-order valence-electron chi connectivity index (χ1n) is 26.8. The van der Waals surface area contributed by atoms with Gasteiger partial charge in [0.2, 0.25) is 0 Å². The summed E-state index contributed by atoms with van der Waals surface area (Å²) in [5.74, 6) is 10.1. The number of benzene rings is 3. The molecule has 0 spiro atoms. The lowest BCUT2D eigenvalue weighted by molar-refractivity contribution is 0.134. The molecule has 2 N–H and O–H groups in total. The molecule has 3 saturated carbocycles. The quantitative estimate of drug-likeness (QED) is 0.250. The van der Waals surface area contributed by atoms with Gasteiger partial charge in [-0.2, -0.15) is 0 Å². The second-order valence-corrected chi connectivity index (χ2v) is 22.3. The Bertz CT molecular complexity index is 1340. The average Bonchev–Trinajstić information content (AvgIpc) is 3.29. The molecule has 3 aliphatic carbocycles. The summed E-state index contributed by atoms with van der Waals surface area (Å²) in [5.41, 5.74) is 4.06. The van der Waals surface area contributed by atoms with Crippen molar-refractivity contribution in [2.24, 2.45) is 59.2 Å². The molecule has 2 unspecified atom stereocenters. The predicted octanol–water partition coefficient (Wildman–Crippen LogP) is 16.5. The van der Waals surface area contributed by atoms with Crippen molar-refractivity contribution >= 4 is 11.6 Å². The summed E-state index contributed by atoms with van der Waals surface area (Å²) >= 11 is 5.53. The summed E-state index contributed by atoms with van der Waals surface area (Å²) in [4.78, 5) is 5.18. The number of hydrogen-bond acceptors (Lipinski definition) is 4. The van der Waals surface area contributed by atoms with E-state index >= 15 is 0 Å². The summed E-state index contributed by atoms with van der Waals surface area (Å²) in [7, 11) is 2.00. The molecule has 0 aromatic heterocycles. The van der Waals surface area contributed by atoms with Crippen molar-refractivity contribution in [3.8, 4) is 0 Å². The highest BCUT2D eigenvalue weighted by molar-refractivity contribution is 6.17. The number of aliphatic hydroxyl groups is 2. The van der Waals surface area contributed by atoms with E-state index in [1.807, 2.05) is 30.3 Å². The van der Waals surface area contributed by atoms with E-state index in [1.54, 1.807) is 0 Å². The number of halogens is 1. The van der Waals surface area contributed by atoms with Gasteiger partial charge in [0.25, 0.3) is 0 Å². The van der Waals surface area contributed by atoms with Crippen molar-refractivity contribution in [1.29, 1.82) is 0 Å². The van der Waals surface area contributed by atoms with Gasteiger partial charge in [-0.15, -0.1) is 11.6 Å². The summed E-state index contributed by atoms with van der Waals surface area (Å²) in [6.07, 6.45) is 20.5. The van der Waals surface area contributed by atoms with Crippen LogP contribution in [0.4, 0.5) is 0 Å². The van der Waals surface area contributed by atoms with Gasteiger partial charge in [-0.25, -0.2) is 0 Å². The molecule has 2 saturated heterocycles. The maximum absolute atomic E-state index is 7.00. The molecule has 2 aliphatic heterocycles. The number of piperidine rings is 2. The van der Waals surface area contributed by atoms with E-state index in [0.717, 1.165) is 86.5 Å². The minimum atomic E-state index is 0.612. The monoisotopic (exact) mass is 933 g/mol. The molecule has 378 valence electrons. The van der Waals surface area contributed by atoms with E-state index in [9.17, 15) is 0 Å². The molecule has 5 fully saturated rings. The Morgan fingerprint density at radius 1 is 0.348 bits per heavy atom. The highest BCUT2D eigenvalue weighted by atomic mass is 35.5. The zero-order valence-corrected chi connectivity index (χ0v) is 45.7. The van der Waals surface area contributed by atoms with Crippen LogP contribution in [0.5, 0.6) is 0 Å². The van der Waals surface area contributed by atoms with Crippen molar-refractivity contribution < 1.29 is 10.2 Å². The number of alkyl halides is 1. The van der Waals surface area contributed by atoms with E-state index in [2.05, 4.69) is 140 Å². The minimum Gasteiger partial charge on any atom is -0.400 e. The van der Waals surface area contributed by atoms with Crippen LogP contribution in [0, 0.1) is 59.2 Å². The third-order valence-electron chi connectivity index (χ3n) is 14.0. The first kappa shape index (κ1) is 61.8. The molecule has 10 atom stereocenters. The first-order valence-corrected chi connectivity index (χ1v) is 27.3. The van der Waals surface area contributed by atoms with Crippen LogP contribution in [0.15, 0.2) is 91.0 Å². The number of aliphatic hydroxyl groups excluding tert-OH is 2. The molecule has 2 heterocycles. The maximum Gasteiger partial charge on any atom is 0.0474 e. The summed E-state index contributed by atoms with van der Waals surface area (Å²) in [6, 6.07) is 31.6. The molecule has 0 bridgehead atoms. The second kappa shape index (κ2) is 38.6. The lowest BCUT2D eigenvalue weighted by Gasteiger charge is -2.34. The van der Waals surface area contributed by atoms with Crippen LogP contribution in [0.3, 0.4) is 0 Å². The smallest absolute Gasteiger partial charge is 0.0474 e. The molecule has 0 radical (unpaired) electrons. The van der Waals surface area contributed by atoms with Gasteiger partial charge in [0.1, 0.15) is 0 Å². The molecule has 4 nitrogen and oxygen atoms in total. The lowest BCUT2D eigenvalue weighted by Crippen LogP contribution is -2.38. The van der Waals surface area contributed by atoms with E-state index in [4.69, 9.17) is 21.8 Å². The fourth-order valence-corrected chi connectivity index (χ4v) is 11.5. The highest BCUT2D eigenvalue weighted by Gasteiger charge is 2.23. The van der Waals surface area contributed by atoms with Gasteiger partial charge in [-0.1, -0.05) is 218 Å². The normalized spacial score (nSPS) is 28.4. The average molecular weight is 934 g/mol. The van der Waals surface area contributed by atoms with E-state index in [1.165, 1.54) is 133 Å². The number of likely N-dealkylation sites (tertiary alicyclic amines) is 2. The summed E-state index contributed by atoms with van der Waals surface area (Å²) < 4.78 is 0. The summed E-state index contributed by atoms with van der Waals surface area (Å²) in [5, 5.41) is 14.0. The van der Waals surface area contributed by atoms with Crippen molar-refractivity contribution in [3.05, 3.63) is 108 Å². The van der Waals surface area contributed by atoms with Gasteiger partial charge in [-0.3, -0.25) is 9.80 Å². The largest absolute Gasteiger partial charge is 0.400 e. The van der Waals surface area contributed by atoms with Gasteiger partial charge in [0.05, 0.1) is 0 Å². The van der Waals surface area contributed by atoms with Crippen LogP contribution in [0.1, 0.15) is 176 Å². The molecule has 3 aromatic carbocycles. The predicted molar refractivity (Wildman–Crippen MR) is 292 cm³/mol. The Hall–Kier alpha value is -2.21. The fourth-order valence-electron chi connectivity index (χ4n) is 11.3. The zero-order valence-electron chi connectivity index (χ0n) is 44.9. The Balaban J connectivity index is 0.000000399. The zero-order chi connectivity index (χ0) is 49.1. The maximum atomic E-state index is 7.00. The third kappa shape index (κ3) is 31.0. The SMILES string of the molecule is CC1CCCC(C)C1.CO.CO.C[C@@H]1CCC[C@H](C)C1.C[C@@H]1C[C@@H](C)CN(Cc2ccccc2)C1.C[C@@H]1C[C@H](C)CN(Cc2ccccc2)C1.C[C@H]1CCC[C@H](C)C1.ClCc1ccccc1. The van der Waals surface area contributed by atoms with Gasteiger partial charge in [0.15, 0.2) is 0 Å². The lowest BCUT2D eigenvalue weighted by atomic mass is 9.84. The molecule has 0 amide bonds. The minimum absolute atomic E-state index is 0.612. The first-order chi connectivity index (χ1) is 31.8. The van der Waals surface area contributed by atoms with Crippen molar-refractivity contribution in [2.45, 2.75) is 178 Å². The molecule has 5 aliphatic rings. The van der Waals surface area contributed by atoms with E-state index < -0.39 is 0 Å². The van der Waals surface area contributed by atoms with Gasteiger partial charge in [-0.05, 0) is 108 Å². The number of rotatable bonds is 5. The van der Waals surface area contributed by atoms with Gasteiger partial charge >= 0.3 is 0 Å². The Kier molecular flexibility index (Phi) is 36.2. The van der Waals surface area contributed by atoms with Crippen LogP contribution in [0.25, 0.3) is 0 Å². The molecule has 66 heavy (non-hydrogen) atoms. The Morgan fingerprint density at radius 2 is 0.561 bits per heavy atom. The van der Waals surface area contributed by atoms with E-state index in [0.29, 0.717) is 5.88 Å². The number of nitrogens with zero attached hydrogens (tertiary/aromatic N) is 2. The highest BCUT2D eigenvalue weighted by Crippen LogP contribution is 2.29. The van der Waals surface area contributed by atoms with Crippen molar-refractivity contribution in [2.75, 3.05) is 40.4 Å². The van der Waals surface area contributed by atoms with Gasteiger partial charge < -0.3 is 10.2 Å². The molecular formula is C61H105ClN2O2. The van der Waals surface area contributed by atoms with Crippen LogP contribution >= 0.6 is 11.6 Å².